The van der Waals surface area contributed by atoms with Crippen LogP contribution in [0.2, 0.25) is 10.0 Å². The van der Waals surface area contributed by atoms with Crippen LogP contribution in [0.5, 0.6) is 0 Å². The minimum Gasteiger partial charge on any atom is -0.478 e. The van der Waals surface area contributed by atoms with E-state index in [2.05, 4.69) is 10.6 Å². The van der Waals surface area contributed by atoms with Gasteiger partial charge in [0.2, 0.25) is 5.91 Å². The summed E-state index contributed by atoms with van der Waals surface area (Å²) in [7, 11) is 0. The Bertz CT molecular complexity index is 1010. The average Bonchev–Trinajstić information content (AvgIpc) is 2.62. The Morgan fingerprint density at radius 1 is 1.14 bits per heavy atom. The minimum absolute atomic E-state index is 0.0133. The molecule has 2 rings (SSSR count). The van der Waals surface area contributed by atoms with E-state index >= 15 is 0 Å². The Morgan fingerprint density at radius 3 is 2.46 bits per heavy atom. The number of amides is 1. The number of thiocarbonyl (C=S) groups is 1. The van der Waals surface area contributed by atoms with Gasteiger partial charge in [-0.25, -0.2) is 4.79 Å². The largest absolute Gasteiger partial charge is 0.478 e. The summed E-state index contributed by atoms with van der Waals surface area (Å²) in [6, 6.07) is 8.23. The summed E-state index contributed by atoms with van der Waals surface area (Å²) in [6.45, 7) is 0. The first-order chi connectivity index (χ1) is 13.2. The van der Waals surface area contributed by atoms with Crippen LogP contribution in [0, 0.1) is 10.1 Å². The van der Waals surface area contributed by atoms with Gasteiger partial charge in [-0.3, -0.25) is 20.2 Å². The van der Waals surface area contributed by atoms with Gasteiger partial charge in [0.1, 0.15) is 5.02 Å². The van der Waals surface area contributed by atoms with Crippen molar-refractivity contribution in [2.75, 3.05) is 5.32 Å². The number of benzene rings is 2. The maximum absolute atomic E-state index is 11.9. The molecule has 0 spiro atoms. The normalized spacial score (nSPS) is 10.5. The standard InChI is InChI=1S/C17H11Cl2N3O5S/c18-12-5-3-10(8-11(12)16(24)25)20-17(28)21-15(23)6-2-9-1-4-13(19)14(7-9)22(26)27/h1-8H,(H,24,25)(H2,20,21,23,28). The number of carboxylic acids is 1. The summed E-state index contributed by atoms with van der Waals surface area (Å²) < 4.78 is 0. The summed E-state index contributed by atoms with van der Waals surface area (Å²) >= 11 is 16.5. The molecule has 8 nitrogen and oxygen atoms in total. The number of hydrogen-bond donors (Lipinski definition) is 3. The van der Waals surface area contributed by atoms with Crippen LogP contribution in [0.1, 0.15) is 15.9 Å². The van der Waals surface area contributed by atoms with E-state index in [4.69, 9.17) is 40.5 Å². The van der Waals surface area contributed by atoms with Crippen LogP contribution >= 0.6 is 35.4 Å². The lowest BCUT2D eigenvalue weighted by Gasteiger charge is -2.09. The van der Waals surface area contributed by atoms with E-state index in [1.807, 2.05) is 0 Å². The summed E-state index contributed by atoms with van der Waals surface area (Å²) in [5, 5.41) is 24.9. The zero-order chi connectivity index (χ0) is 20.8. The average molecular weight is 440 g/mol. The molecule has 0 saturated carbocycles. The number of nitro benzene ring substituents is 1. The highest BCUT2D eigenvalue weighted by molar-refractivity contribution is 7.80. The second kappa shape index (κ2) is 9.27. The fraction of sp³-hybridized carbons (Fsp3) is 0. The highest BCUT2D eigenvalue weighted by atomic mass is 35.5. The van der Waals surface area contributed by atoms with Gasteiger partial charge in [-0.2, -0.15) is 0 Å². The summed E-state index contributed by atoms with van der Waals surface area (Å²) in [6.07, 6.45) is 2.48. The van der Waals surface area contributed by atoms with Crippen molar-refractivity contribution >= 4 is 69.9 Å². The third-order valence-corrected chi connectivity index (χ3v) is 4.14. The summed E-state index contributed by atoms with van der Waals surface area (Å²) in [5.74, 6) is -1.80. The maximum Gasteiger partial charge on any atom is 0.337 e. The van der Waals surface area contributed by atoms with Crippen molar-refractivity contribution in [3.8, 4) is 0 Å². The molecule has 0 saturated heterocycles. The number of aromatic carboxylic acids is 1. The molecule has 0 aromatic heterocycles. The Kier molecular flexibility index (Phi) is 7.05. The smallest absolute Gasteiger partial charge is 0.337 e. The fourth-order valence-electron chi connectivity index (χ4n) is 2.03. The molecule has 0 aliphatic heterocycles. The number of halogens is 2. The van der Waals surface area contributed by atoms with Crippen LogP contribution in [0.4, 0.5) is 11.4 Å². The number of anilines is 1. The predicted molar refractivity (Wildman–Crippen MR) is 110 cm³/mol. The van der Waals surface area contributed by atoms with E-state index in [0.717, 1.165) is 6.08 Å². The number of hydrogen-bond acceptors (Lipinski definition) is 5. The molecule has 0 bridgehead atoms. The van der Waals surface area contributed by atoms with Crippen molar-refractivity contribution in [1.29, 1.82) is 0 Å². The third-order valence-electron chi connectivity index (χ3n) is 3.29. The molecule has 28 heavy (non-hydrogen) atoms. The van der Waals surface area contributed by atoms with E-state index in [-0.39, 0.29) is 26.4 Å². The first kappa shape index (κ1) is 21.3. The molecule has 144 valence electrons. The fourth-order valence-corrected chi connectivity index (χ4v) is 2.63. The Hall–Kier alpha value is -3.01. The van der Waals surface area contributed by atoms with Crippen LogP contribution in [0.15, 0.2) is 42.5 Å². The topological polar surface area (TPSA) is 122 Å². The maximum atomic E-state index is 11.9. The number of carboxylic acid groups (broad SMARTS) is 1. The molecule has 0 heterocycles. The molecule has 2 aromatic carbocycles. The third kappa shape index (κ3) is 5.74. The number of nitrogens with one attached hydrogen (secondary N) is 2. The van der Waals surface area contributed by atoms with Crippen molar-refractivity contribution in [2.24, 2.45) is 0 Å². The Balaban J connectivity index is 2.01. The van der Waals surface area contributed by atoms with Crippen molar-refractivity contribution in [3.05, 3.63) is 73.8 Å². The zero-order valence-electron chi connectivity index (χ0n) is 13.8. The molecule has 2 aromatic rings. The first-order valence-electron chi connectivity index (χ1n) is 7.44. The first-order valence-corrected chi connectivity index (χ1v) is 8.60. The van der Waals surface area contributed by atoms with Gasteiger partial charge in [0.15, 0.2) is 5.11 Å². The highest BCUT2D eigenvalue weighted by Crippen LogP contribution is 2.25. The molecular formula is C17H11Cl2N3O5S. The number of nitrogens with zero attached hydrogens (tertiary/aromatic N) is 1. The van der Waals surface area contributed by atoms with E-state index in [1.165, 1.54) is 42.5 Å². The molecule has 0 fully saturated rings. The lowest BCUT2D eigenvalue weighted by atomic mass is 10.2. The van der Waals surface area contributed by atoms with Crippen LogP contribution < -0.4 is 10.6 Å². The van der Waals surface area contributed by atoms with Crippen molar-refractivity contribution in [3.63, 3.8) is 0 Å². The summed E-state index contributed by atoms with van der Waals surface area (Å²) in [4.78, 5) is 33.2. The predicted octanol–water partition coefficient (Wildman–Crippen LogP) is 4.13. The van der Waals surface area contributed by atoms with Gasteiger partial charge in [-0.1, -0.05) is 29.3 Å². The summed E-state index contributed by atoms with van der Waals surface area (Å²) in [5.41, 5.74) is 0.321. The molecule has 3 N–H and O–H groups in total. The lowest BCUT2D eigenvalue weighted by Crippen LogP contribution is -2.32. The van der Waals surface area contributed by atoms with Gasteiger partial charge in [-0.15, -0.1) is 0 Å². The number of rotatable bonds is 5. The highest BCUT2D eigenvalue weighted by Gasteiger charge is 2.12. The van der Waals surface area contributed by atoms with Gasteiger partial charge >= 0.3 is 5.97 Å². The van der Waals surface area contributed by atoms with Crippen molar-refractivity contribution in [1.82, 2.24) is 5.32 Å². The van der Waals surface area contributed by atoms with Crippen LogP contribution in [0.25, 0.3) is 6.08 Å². The van der Waals surface area contributed by atoms with Crippen molar-refractivity contribution in [2.45, 2.75) is 0 Å². The molecule has 0 aliphatic rings. The van der Waals surface area contributed by atoms with Crippen molar-refractivity contribution < 1.29 is 19.6 Å². The molecular weight excluding hydrogens is 429 g/mol. The van der Waals surface area contributed by atoms with Gasteiger partial charge in [0.25, 0.3) is 5.69 Å². The monoisotopic (exact) mass is 439 g/mol. The van der Waals surface area contributed by atoms with Gasteiger partial charge < -0.3 is 10.4 Å². The van der Waals surface area contributed by atoms with Crippen LogP contribution in [-0.2, 0) is 4.79 Å². The molecule has 1 amide bonds. The van der Waals surface area contributed by atoms with Gasteiger partial charge in [0.05, 0.1) is 15.5 Å². The minimum atomic E-state index is -1.21. The Morgan fingerprint density at radius 2 is 1.82 bits per heavy atom. The molecule has 0 atom stereocenters. The van der Waals surface area contributed by atoms with Gasteiger partial charge in [0, 0.05) is 17.8 Å². The van der Waals surface area contributed by atoms with E-state index in [1.54, 1.807) is 0 Å². The van der Waals surface area contributed by atoms with E-state index in [0.29, 0.717) is 11.3 Å². The Labute approximate surface area is 173 Å². The molecule has 0 aliphatic carbocycles. The number of carbonyl (C=O) groups is 2. The van der Waals surface area contributed by atoms with E-state index < -0.39 is 16.8 Å². The number of nitro groups is 1. The molecule has 11 heteroatoms. The number of carbonyl (C=O) groups excluding carboxylic acids is 1. The quantitative estimate of drug-likeness (QED) is 0.277. The van der Waals surface area contributed by atoms with E-state index in [9.17, 15) is 19.7 Å². The van der Waals surface area contributed by atoms with Gasteiger partial charge in [-0.05, 0) is 48.1 Å². The lowest BCUT2D eigenvalue weighted by molar-refractivity contribution is -0.384. The SMILES string of the molecule is O=C(C=Cc1ccc(Cl)c([N+](=O)[O-])c1)NC(=S)Nc1ccc(Cl)c(C(=O)O)c1. The van der Waals surface area contributed by atoms with Crippen LogP contribution in [0.3, 0.4) is 0 Å². The molecule has 0 unspecified atom stereocenters. The zero-order valence-corrected chi connectivity index (χ0v) is 16.1. The second-order valence-electron chi connectivity index (χ2n) is 5.24. The second-order valence-corrected chi connectivity index (χ2v) is 6.47. The van der Waals surface area contributed by atoms with Crippen LogP contribution in [-0.4, -0.2) is 27.0 Å². The molecule has 0 radical (unpaired) electrons.